The number of unbranched alkanes of at least 4 members (excludes halogenated alkanes) is 6. The Balaban J connectivity index is 2.28. The van der Waals surface area contributed by atoms with Gasteiger partial charge in [-0.25, -0.2) is 8.42 Å². The lowest BCUT2D eigenvalue weighted by atomic mass is 9.81. The second-order valence-corrected chi connectivity index (χ2v) is 8.22. The molecule has 0 aliphatic carbocycles. The number of nitriles is 1. The van der Waals surface area contributed by atoms with E-state index >= 15 is 0 Å². The lowest BCUT2D eigenvalue weighted by Crippen LogP contribution is -2.35. The van der Waals surface area contributed by atoms with Gasteiger partial charge in [0.1, 0.15) is 0 Å². The molecule has 1 fully saturated rings. The van der Waals surface area contributed by atoms with E-state index < -0.39 is 21.4 Å². The molecule has 0 aromatic heterocycles. The van der Waals surface area contributed by atoms with E-state index in [2.05, 4.69) is 13.0 Å². The summed E-state index contributed by atoms with van der Waals surface area (Å²) in [4.78, 5) is 0. The molecule has 116 valence electrons. The molecule has 2 unspecified atom stereocenters. The third-order valence-corrected chi connectivity index (χ3v) is 6.06. The molecular formula is C15H27NO3S. The predicted molar refractivity (Wildman–Crippen MR) is 79.9 cm³/mol. The molecule has 0 spiro atoms. The molecular weight excluding hydrogens is 274 g/mol. The third-order valence-electron chi connectivity index (χ3n) is 4.28. The predicted octanol–water partition coefficient (Wildman–Crippen LogP) is 2.82. The molecule has 2 atom stereocenters. The molecule has 0 amide bonds. The first-order chi connectivity index (χ1) is 9.46. The number of nitrogens with zero attached hydrogens (tertiary/aromatic N) is 1. The first-order valence-corrected chi connectivity index (χ1v) is 9.57. The second-order valence-electron chi connectivity index (χ2n) is 6.04. The van der Waals surface area contributed by atoms with Crippen LogP contribution in [0.1, 0.15) is 64.7 Å². The van der Waals surface area contributed by atoms with E-state index in [1.54, 1.807) is 0 Å². The van der Waals surface area contributed by atoms with E-state index in [-0.39, 0.29) is 17.9 Å². The molecule has 0 radical (unpaired) electrons. The average Bonchev–Trinajstić information content (AvgIpc) is 2.74. The molecule has 20 heavy (non-hydrogen) atoms. The van der Waals surface area contributed by atoms with Crippen molar-refractivity contribution in [2.45, 2.75) is 70.8 Å². The van der Waals surface area contributed by atoms with Gasteiger partial charge in [-0.05, 0) is 12.8 Å². The van der Waals surface area contributed by atoms with Crippen LogP contribution in [0.3, 0.4) is 0 Å². The summed E-state index contributed by atoms with van der Waals surface area (Å²) >= 11 is 0. The molecule has 0 aromatic carbocycles. The number of hydrogen-bond acceptors (Lipinski definition) is 4. The minimum Gasteiger partial charge on any atom is -0.391 e. The van der Waals surface area contributed by atoms with Gasteiger partial charge in [0.2, 0.25) is 0 Å². The highest BCUT2D eigenvalue weighted by molar-refractivity contribution is 7.91. The van der Waals surface area contributed by atoms with E-state index in [1.807, 2.05) is 0 Å². The standard InChI is InChI=1S/C15H27NO3S/c1-2-3-4-5-6-7-8-9-14(17)15(12-16)10-11-20(18,19)13-15/h14,17H,2-11,13H2,1H3. The molecule has 0 aromatic rings. The second kappa shape index (κ2) is 7.99. The molecule has 0 saturated carbocycles. The van der Waals surface area contributed by atoms with Crippen LogP contribution in [0.25, 0.3) is 0 Å². The van der Waals surface area contributed by atoms with Crippen LogP contribution in [0.5, 0.6) is 0 Å². The number of rotatable bonds is 9. The van der Waals surface area contributed by atoms with E-state index in [9.17, 15) is 18.8 Å². The van der Waals surface area contributed by atoms with E-state index in [1.165, 1.54) is 25.7 Å². The zero-order chi connectivity index (χ0) is 15.1. The fourth-order valence-electron chi connectivity index (χ4n) is 2.87. The van der Waals surface area contributed by atoms with Gasteiger partial charge in [0, 0.05) is 0 Å². The zero-order valence-electron chi connectivity index (χ0n) is 12.5. The fraction of sp³-hybridized carbons (Fsp3) is 0.933. The summed E-state index contributed by atoms with van der Waals surface area (Å²) in [5.74, 6) is -0.136. The monoisotopic (exact) mass is 301 g/mol. The van der Waals surface area contributed by atoms with Gasteiger partial charge in [-0.15, -0.1) is 0 Å². The van der Waals surface area contributed by atoms with Crippen molar-refractivity contribution in [3.8, 4) is 6.07 Å². The summed E-state index contributed by atoms with van der Waals surface area (Å²) in [5, 5.41) is 19.4. The summed E-state index contributed by atoms with van der Waals surface area (Å²) in [7, 11) is -3.14. The van der Waals surface area contributed by atoms with Crippen LogP contribution < -0.4 is 0 Å². The quantitative estimate of drug-likeness (QED) is 0.664. The number of sulfone groups is 1. The smallest absolute Gasteiger partial charge is 0.152 e. The van der Waals surface area contributed by atoms with Crippen molar-refractivity contribution in [1.82, 2.24) is 0 Å². The summed E-state index contributed by atoms with van der Waals surface area (Å²) in [6.07, 6.45) is 8.09. The molecule has 1 aliphatic rings. The van der Waals surface area contributed by atoms with Crippen LogP contribution in [0.2, 0.25) is 0 Å². The Kier molecular flexibility index (Phi) is 6.97. The third kappa shape index (κ3) is 5.06. The average molecular weight is 301 g/mol. The van der Waals surface area contributed by atoms with Crippen LogP contribution in [-0.2, 0) is 9.84 Å². The van der Waals surface area contributed by atoms with Crippen molar-refractivity contribution in [1.29, 1.82) is 5.26 Å². The van der Waals surface area contributed by atoms with Crippen molar-refractivity contribution >= 4 is 9.84 Å². The highest BCUT2D eigenvalue weighted by atomic mass is 32.2. The van der Waals surface area contributed by atoms with Crippen molar-refractivity contribution in [3.63, 3.8) is 0 Å². The molecule has 1 heterocycles. The van der Waals surface area contributed by atoms with Gasteiger partial charge in [0.15, 0.2) is 9.84 Å². The van der Waals surface area contributed by atoms with Crippen LogP contribution in [0.15, 0.2) is 0 Å². The minimum atomic E-state index is -3.14. The maximum atomic E-state index is 11.5. The Bertz CT molecular complexity index is 427. The van der Waals surface area contributed by atoms with Gasteiger partial charge in [0.05, 0.1) is 29.1 Å². The largest absolute Gasteiger partial charge is 0.391 e. The lowest BCUT2D eigenvalue weighted by Gasteiger charge is -2.25. The molecule has 1 rings (SSSR count). The van der Waals surface area contributed by atoms with Crippen LogP contribution in [0.4, 0.5) is 0 Å². The van der Waals surface area contributed by atoms with Crippen molar-refractivity contribution < 1.29 is 13.5 Å². The van der Waals surface area contributed by atoms with Crippen molar-refractivity contribution in [2.24, 2.45) is 5.41 Å². The highest BCUT2D eigenvalue weighted by Crippen LogP contribution is 2.37. The van der Waals surface area contributed by atoms with Gasteiger partial charge in [0.25, 0.3) is 0 Å². The maximum absolute atomic E-state index is 11.5. The van der Waals surface area contributed by atoms with Gasteiger partial charge in [-0.2, -0.15) is 5.26 Å². The van der Waals surface area contributed by atoms with E-state index in [0.29, 0.717) is 6.42 Å². The van der Waals surface area contributed by atoms with Crippen LogP contribution in [-0.4, -0.2) is 31.1 Å². The number of aliphatic hydroxyl groups is 1. The summed E-state index contributed by atoms with van der Waals surface area (Å²) in [5.41, 5.74) is -1.05. The normalized spacial score (nSPS) is 26.2. The molecule has 4 nitrogen and oxygen atoms in total. The van der Waals surface area contributed by atoms with Gasteiger partial charge >= 0.3 is 0 Å². The Hall–Kier alpha value is -0.600. The summed E-state index contributed by atoms with van der Waals surface area (Å²) in [6, 6.07) is 2.07. The van der Waals surface area contributed by atoms with E-state index in [0.717, 1.165) is 19.3 Å². The van der Waals surface area contributed by atoms with Gasteiger partial charge in [-0.1, -0.05) is 51.9 Å². The molecule has 5 heteroatoms. The minimum absolute atomic E-state index is 0.0363. The molecule has 1 saturated heterocycles. The first kappa shape index (κ1) is 17.5. The van der Waals surface area contributed by atoms with Crippen molar-refractivity contribution in [3.05, 3.63) is 0 Å². The van der Waals surface area contributed by atoms with Crippen LogP contribution in [0, 0.1) is 16.7 Å². The fourth-order valence-corrected chi connectivity index (χ4v) is 4.88. The Labute approximate surface area is 123 Å². The molecule has 1 N–H and O–H groups in total. The Morgan fingerprint density at radius 2 is 1.80 bits per heavy atom. The maximum Gasteiger partial charge on any atom is 0.152 e. The van der Waals surface area contributed by atoms with Crippen LogP contribution >= 0.6 is 0 Å². The van der Waals surface area contributed by atoms with E-state index in [4.69, 9.17) is 0 Å². The number of hydrogen-bond donors (Lipinski definition) is 1. The topological polar surface area (TPSA) is 78.2 Å². The Morgan fingerprint density at radius 3 is 2.30 bits per heavy atom. The number of aliphatic hydroxyl groups excluding tert-OH is 1. The Morgan fingerprint density at radius 1 is 1.20 bits per heavy atom. The molecule has 1 aliphatic heterocycles. The van der Waals surface area contributed by atoms with Gasteiger partial charge in [-0.3, -0.25) is 0 Å². The molecule has 0 bridgehead atoms. The first-order valence-electron chi connectivity index (χ1n) is 7.75. The zero-order valence-corrected chi connectivity index (χ0v) is 13.3. The highest BCUT2D eigenvalue weighted by Gasteiger charge is 2.47. The van der Waals surface area contributed by atoms with Crippen molar-refractivity contribution in [2.75, 3.05) is 11.5 Å². The summed E-state index contributed by atoms with van der Waals surface area (Å²) in [6.45, 7) is 2.19. The SMILES string of the molecule is CCCCCCCCCC(O)C1(C#N)CCS(=O)(=O)C1. The van der Waals surface area contributed by atoms with Gasteiger partial charge < -0.3 is 5.11 Å². The lowest BCUT2D eigenvalue weighted by molar-refractivity contribution is 0.0689. The summed E-state index contributed by atoms with van der Waals surface area (Å²) < 4.78 is 23.0.